The Labute approximate surface area is 173 Å². The Morgan fingerprint density at radius 3 is 2.11 bits per heavy atom. The Hall–Kier alpha value is -2.34. The summed E-state index contributed by atoms with van der Waals surface area (Å²) < 4.78 is 0. The number of piperidine rings is 1. The lowest BCUT2D eigenvalue weighted by Gasteiger charge is -2.33. The van der Waals surface area contributed by atoms with Crippen LogP contribution >= 0.6 is 23.2 Å². The lowest BCUT2D eigenvalue weighted by atomic mass is 9.77. The molecule has 148 valence electrons. The maximum Gasteiger partial charge on any atom is 0.328 e. The molecule has 0 aromatic heterocycles. The second kappa shape index (κ2) is 10.9. The van der Waals surface area contributed by atoms with E-state index in [0.29, 0.717) is 34.0 Å². The Balaban J connectivity index is 0.000000300. The van der Waals surface area contributed by atoms with E-state index in [-0.39, 0.29) is 0 Å². The molecule has 28 heavy (non-hydrogen) atoms. The average molecular weight is 422 g/mol. The van der Waals surface area contributed by atoms with Gasteiger partial charge in [-0.15, -0.1) is 0 Å². The number of carboxylic acid groups (broad SMARTS) is 2. The number of carbonyl (C=O) groups is 2. The van der Waals surface area contributed by atoms with Crippen LogP contribution in [0.3, 0.4) is 0 Å². The van der Waals surface area contributed by atoms with Gasteiger partial charge in [-0.2, -0.15) is 0 Å². The van der Waals surface area contributed by atoms with Crippen LogP contribution in [0, 0.1) is 0 Å². The van der Waals surface area contributed by atoms with Gasteiger partial charge in [-0.25, -0.2) is 9.59 Å². The smallest absolute Gasteiger partial charge is 0.328 e. The minimum absolute atomic E-state index is 0.445. The van der Waals surface area contributed by atoms with Gasteiger partial charge in [-0.1, -0.05) is 59.6 Å². The number of hydrogen-bond donors (Lipinski definition) is 3. The van der Waals surface area contributed by atoms with E-state index in [4.69, 9.17) is 33.4 Å². The van der Waals surface area contributed by atoms with Gasteiger partial charge < -0.3 is 15.5 Å². The molecular weight excluding hydrogens is 401 g/mol. The van der Waals surface area contributed by atoms with Crippen LogP contribution < -0.4 is 5.32 Å². The second-order valence-electron chi connectivity index (χ2n) is 6.30. The van der Waals surface area contributed by atoms with E-state index < -0.39 is 11.9 Å². The molecule has 0 amide bonds. The number of hydrogen-bond acceptors (Lipinski definition) is 3. The van der Waals surface area contributed by atoms with E-state index in [1.165, 1.54) is 11.1 Å². The van der Waals surface area contributed by atoms with Crippen molar-refractivity contribution in [1.29, 1.82) is 0 Å². The first-order chi connectivity index (χ1) is 13.4. The highest BCUT2D eigenvalue weighted by molar-refractivity contribution is 6.42. The summed E-state index contributed by atoms with van der Waals surface area (Å²) in [5, 5.41) is 20.4. The Morgan fingerprint density at radius 1 is 0.893 bits per heavy atom. The third-order valence-corrected chi connectivity index (χ3v) is 5.19. The number of aliphatic carboxylic acids is 2. The largest absolute Gasteiger partial charge is 0.478 e. The Kier molecular flexibility index (Phi) is 8.51. The molecule has 0 unspecified atom stereocenters. The van der Waals surface area contributed by atoms with Gasteiger partial charge in [-0.05, 0) is 42.1 Å². The maximum atomic E-state index is 9.55. The predicted molar refractivity (Wildman–Crippen MR) is 110 cm³/mol. The van der Waals surface area contributed by atoms with Gasteiger partial charge in [0.25, 0.3) is 0 Å². The van der Waals surface area contributed by atoms with E-state index in [1.807, 2.05) is 12.1 Å². The summed E-state index contributed by atoms with van der Waals surface area (Å²) in [5.41, 5.74) is 2.67. The summed E-state index contributed by atoms with van der Waals surface area (Å²) in [7, 11) is 0. The fraction of sp³-hybridized carbons (Fsp3) is 0.238. The summed E-state index contributed by atoms with van der Waals surface area (Å²) in [4.78, 5) is 19.1. The van der Waals surface area contributed by atoms with Crippen LogP contribution in [0.2, 0.25) is 10.0 Å². The molecule has 7 heteroatoms. The number of halogens is 2. The van der Waals surface area contributed by atoms with Gasteiger partial charge in [0, 0.05) is 24.6 Å². The minimum atomic E-state index is -1.26. The highest BCUT2D eigenvalue weighted by Crippen LogP contribution is 2.38. The van der Waals surface area contributed by atoms with Gasteiger partial charge in [0.1, 0.15) is 0 Å². The molecule has 5 nitrogen and oxygen atoms in total. The lowest BCUT2D eigenvalue weighted by molar-refractivity contribution is -0.134. The average Bonchev–Trinajstić information content (AvgIpc) is 2.70. The van der Waals surface area contributed by atoms with Crippen LogP contribution in [0.25, 0.3) is 0 Å². The summed E-state index contributed by atoms with van der Waals surface area (Å²) in [5.74, 6) is -1.53. The summed E-state index contributed by atoms with van der Waals surface area (Å²) in [6, 6.07) is 16.8. The fourth-order valence-electron chi connectivity index (χ4n) is 3.19. The first-order valence-electron chi connectivity index (χ1n) is 8.73. The van der Waals surface area contributed by atoms with E-state index >= 15 is 0 Å². The van der Waals surface area contributed by atoms with Crippen molar-refractivity contribution in [2.75, 3.05) is 13.1 Å². The monoisotopic (exact) mass is 421 g/mol. The summed E-state index contributed by atoms with van der Waals surface area (Å²) in [6.45, 7) is 2.05. The molecule has 1 heterocycles. The van der Waals surface area contributed by atoms with Gasteiger partial charge in [-0.3, -0.25) is 0 Å². The molecule has 1 aliphatic heterocycles. The predicted octanol–water partition coefficient (Wildman–Crippen LogP) is 4.57. The van der Waals surface area contributed by atoms with Crippen LogP contribution in [-0.2, 0) is 9.59 Å². The molecule has 2 aromatic rings. The van der Waals surface area contributed by atoms with Crippen molar-refractivity contribution in [3.05, 3.63) is 81.9 Å². The summed E-state index contributed by atoms with van der Waals surface area (Å²) >= 11 is 12.2. The molecule has 2 atom stereocenters. The Bertz CT molecular complexity index is 824. The van der Waals surface area contributed by atoms with Crippen LogP contribution in [0.5, 0.6) is 0 Å². The maximum absolute atomic E-state index is 9.55. The highest BCUT2D eigenvalue weighted by Gasteiger charge is 2.27. The van der Waals surface area contributed by atoms with E-state index in [0.717, 1.165) is 19.5 Å². The minimum Gasteiger partial charge on any atom is -0.478 e. The number of nitrogens with one attached hydrogen (secondary N) is 1. The number of carboxylic acids is 2. The zero-order valence-corrected chi connectivity index (χ0v) is 16.5. The van der Waals surface area contributed by atoms with E-state index in [9.17, 15) is 9.59 Å². The molecule has 0 aliphatic carbocycles. The molecule has 1 fully saturated rings. The van der Waals surface area contributed by atoms with Crippen molar-refractivity contribution >= 4 is 35.1 Å². The normalized spacial score (nSPS) is 18.9. The lowest BCUT2D eigenvalue weighted by Crippen LogP contribution is -2.34. The Morgan fingerprint density at radius 2 is 1.54 bits per heavy atom. The molecule has 3 rings (SSSR count). The van der Waals surface area contributed by atoms with Crippen molar-refractivity contribution in [3.8, 4) is 0 Å². The second-order valence-corrected chi connectivity index (χ2v) is 7.11. The van der Waals surface area contributed by atoms with E-state index in [1.54, 1.807) is 0 Å². The number of rotatable bonds is 4. The zero-order chi connectivity index (χ0) is 20.5. The van der Waals surface area contributed by atoms with Crippen molar-refractivity contribution in [2.45, 2.75) is 18.3 Å². The zero-order valence-electron chi connectivity index (χ0n) is 15.0. The number of benzene rings is 2. The standard InChI is InChI=1S/C17H17Cl2N.C4H4O4/c18-16-7-6-13(10-17(16)19)15-11-20-9-8-14(15)12-4-2-1-3-5-12;5-3(6)1-2-4(7)8/h1-7,10,14-15,20H,8-9,11H2;1-2H,(H,5,6)(H,7,8)/b;2-1-/t14-,15-;/m0./s1. The molecule has 0 spiro atoms. The molecule has 3 N–H and O–H groups in total. The van der Waals surface area contributed by atoms with Crippen LogP contribution in [-0.4, -0.2) is 35.2 Å². The van der Waals surface area contributed by atoms with Gasteiger partial charge in [0.05, 0.1) is 10.0 Å². The first-order valence-corrected chi connectivity index (χ1v) is 9.48. The molecule has 1 saturated heterocycles. The quantitative estimate of drug-likeness (QED) is 0.629. The van der Waals surface area contributed by atoms with Gasteiger partial charge in [0.2, 0.25) is 0 Å². The van der Waals surface area contributed by atoms with Crippen LogP contribution in [0.4, 0.5) is 0 Å². The third kappa shape index (κ3) is 6.68. The van der Waals surface area contributed by atoms with E-state index in [2.05, 4.69) is 41.7 Å². The van der Waals surface area contributed by atoms with Crippen molar-refractivity contribution in [3.63, 3.8) is 0 Å². The van der Waals surface area contributed by atoms with Crippen LogP contribution in [0.15, 0.2) is 60.7 Å². The van der Waals surface area contributed by atoms with Crippen molar-refractivity contribution in [1.82, 2.24) is 5.32 Å². The molecule has 0 saturated carbocycles. The molecule has 2 aromatic carbocycles. The molecule has 0 radical (unpaired) electrons. The topological polar surface area (TPSA) is 86.6 Å². The van der Waals surface area contributed by atoms with Crippen LogP contribution in [0.1, 0.15) is 29.4 Å². The van der Waals surface area contributed by atoms with Gasteiger partial charge in [0.15, 0.2) is 0 Å². The third-order valence-electron chi connectivity index (χ3n) is 4.45. The fourth-order valence-corrected chi connectivity index (χ4v) is 3.50. The molecule has 1 aliphatic rings. The molecular formula is C21H21Cl2NO4. The highest BCUT2D eigenvalue weighted by atomic mass is 35.5. The van der Waals surface area contributed by atoms with Gasteiger partial charge >= 0.3 is 11.9 Å². The molecule has 0 bridgehead atoms. The first kappa shape index (κ1) is 22.0. The van der Waals surface area contributed by atoms with Crippen molar-refractivity contribution < 1.29 is 19.8 Å². The SMILES string of the molecule is Clc1ccc([C@@H]2CNCC[C@H]2c2ccccc2)cc1Cl.O=C(O)/C=C\C(=O)O. The van der Waals surface area contributed by atoms with Crippen molar-refractivity contribution in [2.24, 2.45) is 0 Å². The summed E-state index contributed by atoms with van der Waals surface area (Å²) in [6.07, 6.45) is 2.26.